The molecule has 0 radical (unpaired) electrons. The van der Waals surface area contributed by atoms with Crippen molar-refractivity contribution in [3.8, 4) is 34.5 Å². The van der Waals surface area contributed by atoms with Crippen LogP contribution < -0.4 is 18.9 Å². The summed E-state index contributed by atoms with van der Waals surface area (Å²) in [6, 6.07) is 5.51. The molecule has 4 rings (SSSR count). The molecular formula is C22H26O7. The van der Waals surface area contributed by atoms with E-state index in [1.807, 2.05) is 18.2 Å². The van der Waals surface area contributed by atoms with Gasteiger partial charge in [-0.05, 0) is 47.6 Å². The van der Waals surface area contributed by atoms with Crippen LogP contribution in [-0.2, 0) is 11.2 Å². The van der Waals surface area contributed by atoms with E-state index in [1.165, 1.54) is 21.3 Å². The maximum atomic E-state index is 10.7. The molecule has 1 heterocycles. The number of phenols is 2. The maximum absolute atomic E-state index is 10.7. The van der Waals surface area contributed by atoms with Crippen molar-refractivity contribution in [2.75, 3.05) is 41.7 Å². The van der Waals surface area contributed by atoms with Crippen LogP contribution in [-0.4, -0.2) is 51.9 Å². The Morgan fingerprint density at radius 3 is 2.03 bits per heavy atom. The molecular weight excluding hydrogens is 376 g/mol. The van der Waals surface area contributed by atoms with E-state index in [-0.39, 0.29) is 23.3 Å². The molecule has 7 heteroatoms. The lowest BCUT2D eigenvalue weighted by molar-refractivity contribution is 0.179. The lowest BCUT2D eigenvalue weighted by Gasteiger charge is -2.36. The fourth-order valence-electron chi connectivity index (χ4n) is 4.76. The van der Waals surface area contributed by atoms with Crippen molar-refractivity contribution in [2.24, 2.45) is 11.8 Å². The van der Waals surface area contributed by atoms with E-state index in [0.29, 0.717) is 42.1 Å². The van der Waals surface area contributed by atoms with Crippen LogP contribution in [0.25, 0.3) is 0 Å². The smallest absolute Gasteiger partial charge is 0.201 e. The highest BCUT2D eigenvalue weighted by Crippen LogP contribution is 2.55. The second-order valence-electron chi connectivity index (χ2n) is 7.45. The predicted molar refractivity (Wildman–Crippen MR) is 106 cm³/mol. The highest BCUT2D eigenvalue weighted by atomic mass is 16.5. The van der Waals surface area contributed by atoms with Crippen molar-refractivity contribution in [3.05, 3.63) is 34.9 Å². The van der Waals surface area contributed by atoms with Crippen LogP contribution in [0.1, 0.15) is 22.6 Å². The van der Waals surface area contributed by atoms with Crippen molar-refractivity contribution < 1.29 is 33.9 Å². The van der Waals surface area contributed by atoms with Gasteiger partial charge in [0.05, 0.1) is 41.7 Å². The first-order chi connectivity index (χ1) is 14.0. The minimum atomic E-state index is -0.124. The predicted octanol–water partition coefficient (Wildman–Crippen LogP) is 3.08. The van der Waals surface area contributed by atoms with Gasteiger partial charge >= 0.3 is 0 Å². The van der Waals surface area contributed by atoms with Gasteiger partial charge in [-0.3, -0.25) is 0 Å². The number of aromatic hydroxyl groups is 2. The van der Waals surface area contributed by atoms with Gasteiger partial charge in [0.1, 0.15) is 0 Å². The Morgan fingerprint density at radius 2 is 1.45 bits per heavy atom. The van der Waals surface area contributed by atoms with Crippen LogP contribution >= 0.6 is 0 Å². The van der Waals surface area contributed by atoms with Crippen LogP contribution in [0.2, 0.25) is 0 Å². The van der Waals surface area contributed by atoms with Crippen molar-refractivity contribution in [2.45, 2.75) is 12.3 Å². The fraction of sp³-hybridized carbons (Fsp3) is 0.455. The fourth-order valence-corrected chi connectivity index (χ4v) is 4.76. The van der Waals surface area contributed by atoms with E-state index in [2.05, 4.69) is 0 Å². The minimum Gasteiger partial charge on any atom is -0.502 e. The van der Waals surface area contributed by atoms with Gasteiger partial charge in [0.2, 0.25) is 11.5 Å². The van der Waals surface area contributed by atoms with Crippen molar-refractivity contribution in [3.63, 3.8) is 0 Å². The number of hydrogen-bond acceptors (Lipinski definition) is 7. The Bertz CT molecular complexity index is 899. The van der Waals surface area contributed by atoms with Crippen molar-refractivity contribution in [1.82, 2.24) is 0 Å². The van der Waals surface area contributed by atoms with Crippen LogP contribution in [0.3, 0.4) is 0 Å². The topological polar surface area (TPSA) is 86.6 Å². The molecule has 156 valence electrons. The number of fused-ring (bicyclic) bond motifs is 2. The average Bonchev–Trinajstić information content (AvgIpc) is 3.20. The van der Waals surface area contributed by atoms with Crippen molar-refractivity contribution >= 4 is 0 Å². The van der Waals surface area contributed by atoms with Gasteiger partial charge in [-0.1, -0.05) is 0 Å². The summed E-state index contributed by atoms with van der Waals surface area (Å²) < 4.78 is 27.6. The van der Waals surface area contributed by atoms with E-state index in [1.54, 1.807) is 7.11 Å². The molecule has 3 atom stereocenters. The molecule has 0 bridgehead atoms. The third kappa shape index (κ3) is 3.00. The SMILES string of the molecule is COc1cc([C@H]2c3c(cc(OC)c(O)c3OC)C[C@H]3COC[C@@H]32)cc(OC)c1O. The Hall–Kier alpha value is -2.80. The minimum absolute atomic E-state index is 0.0196. The van der Waals surface area contributed by atoms with Gasteiger partial charge in [0.15, 0.2) is 23.0 Å². The number of ether oxygens (including phenoxy) is 5. The second-order valence-corrected chi connectivity index (χ2v) is 7.45. The van der Waals surface area contributed by atoms with E-state index < -0.39 is 0 Å². The lowest BCUT2D eigenvalue weighted by Crippen LogP contribution is -2.30. The molecule has 0 saturated carbocycles. The van der Waals surface area contributed by atoms with Crippen LogP contribution in [0.5, 0.6) is 34.5 Å². The molecule has 1 fully saturated rings. The van der Waals surface area contributed by atoms with Crippen LogP contribution in [0, 0.1) is 11.8 Å². The Kier molecular flexibility index (Phi) is 5.08. The third-order valence-corrected chi connectivity index (χ3v) is 6.10. The van der Waals surface area contributed by atoms with Crippen molar-refractivity contribution in [1.29, 1.82) is 0 Å². The summed E-state index contributed by atoms with van der Waals surface area (Å²) in [4.78, 5) is 0. The number of rotatable bonds is 5. The quantitative estimate of drug-likeness (QED) is 0.795. The lowest BCUT2D eigenvalue weighted by atomic mass is 9.67. The van der Waals surface area contributed by atoms with Gasteiger partial charge in [0, 0.05) is 11.5 Å². The van der Waals surface area contributed by atoms with E-state index in [9.17, 15) is 10.2 Å². The summed E-state index contributed by atoms with van der Waals surface area (Å²) in [7, 11) is 6.08. The normalized spacial score (nSPS) is 22.6. The van der Waals surface area contributed by atoms with E-state index >= 15 is 0 Å². The summed E-state index contributed by atoms with van der Waals surface area (Å²) >= 11 is 0. The molecule has 1 saturated heterocycles. The van der Waals surface area contributed by atoms with Gasteiger partial charge < -0.3 is 33.9 Å². The van der Waals surface area contributed by atoms with E-state index in [0.717, 1.165) is 23.1 Å². The molecule has 2 N–H and O–H groups in total. The molecule has 0 unspecified atom stereocenters. The number of benzene rings is 2. The van der Waals surface area contributed by atoms with Gasteiger partial charge in [0.25, 0.3) is 0 Å². The molecule has 2 aromatic carbocycles. The Morgan fingerprint density at radius 1 is 0.828 bits per heavy atom. The first-order valence-corrected chi connectivity index (χ1v) is 9.53. The largest absolute Gasteiger partial charge is 0.502 e. The first-order valence-electron chi connectivity index (χ1n) is 9.53. The zero-order valence-corrected chi connectivity index (χ0v) is 17.0. The zero-order chi connectivity index (χ0) is 20.7. The summed E-state index contributed by atoms with van der Waals surface area (Å²) in [5.41, 5.74) is 2.87. The highest BCUT2D eigenvalue weighted by Gasteiger charge is 2.44. The molecule has 1 aliphatic heterocycles. The second kappa shape index (κ2) is 7.55. The Labute approximate surface area is 169 Å². The standard InChI is InChI=1S/C22H26O7/c1-25-15-7-12(8-16(26-2)20(15)23)18-14-10-29-9-13(14)5-11-6-17(27-3)21(24)22(28-4)19(11)18/h6-8,13-14,18,23-24H,5,9-10H2,1-4H3/t13-,14-,18+/m0/s1. The molecule has 0 aromatic heterocycles. The van der Waals surface area contributed by atoms with Crippen LogP contribution in [0.4, 0.5) is 0 Å². The zero-order valence-electron chi connectivity index (χ0n) is 17.0. The molecule has 2 aromatic rings. The summed E-state index contributed by atoms with van der Waals surface area (Å²) in [5, 5.41) is 21.1. The molecule has 0 amide bonds. The number of phenolic OH excluding ortho intramolecular Hbond substituents is 2. The first kappa shape index (κ1) is 19.5. The Balaban J connectivity index is 1.97. The third-order valence-electron chi connectivity index (χ3n) is 6.10. The molecule has 29 heavy (non-hydrogen) atoms. The summed E-state index contributed by atoms with van der Waals surface area (Å²) in [5.74, 6) is 1.80. The average molecular weight is 402 g/mol. The summed E-state index contributed by atoms with van der Waals surface area (Å²) in [6.07, 6.45) is 0.815. The summed E-state index contributed by atoms with van der Waals surface area (Å²) in [6.45, 7) is 1.29. The molecule has 7 nitrogen and oxygen atoms in total. The number of hydrogen-bond donors (Lipinski definition) is 2. The van der Waals surface area contributed by atoms with Gasteiger partial charge in [-0.15, -0.1) is 0 Å². The van der Waals surface area contributed by atoms with Gasteiger partial charge in [-0.25, -0.2) is 0 Å². The monoisotopic (exact) mass is 402 g/mol. The number of methoxy groups -OCH3 is 4. The molecule has 0 spiro atoms. The molecule has 2 aliphatic rings. The maximum Gasteiger partial charge on any atom is 0.201 e. The molecule has 1 aliphatic carbocycles. The highest BCUT2D eigenvalue weighted by molar-refractivity contribution is 5.64. The van der Waals surface area contributed by atoms with Crippen LogP contribution in [0.15, 0.2) is 18.2 Å². The van der Waals surface area contributed by atoms with E-state index in [4.69, 9.17) is 23.7 Å². The van der Waals surface area contributed by atoms with Gasteiger partial charge in [-0.2, -0.15) is 0 Å².